The predicted octanol–water partition coefficient (Wildman–Crippen LogP) is 1.91. The third-order valence-corrected chi connectivity index (χ3v) is 2.88. The molecule has 90 valence electrons. The summed E-state index contributed by atoms with van der Waals surface area (Å²) in [6.45, 7) is 1.75. The summed E-state index contributed by atoms with van der Waals surface area (Å²) in [5.41, 5.74) is 1.27. The number of hydrogen-bond donors (Lipinski definition) is 1. The first-order valence-electron chi connectivity index (χ1n) is 5.54. The van der Waals surface area contributed by atoms with Crippen LogP contribution in [0.4, 0.5) is 0 Å². The van der Waals surface area contributed by atoms with Crippen LogP contribution in [0.3, 0.4) is 0 Å². The number of rotatable bonds is 5. The van der Waals surface area contributed by atoms with Crippen molar-refractivity contribution < 1.29 is 0 Å². The Morgan fingerprint density at radius 2 is 2.29 bits per heavy atom. The van der Waals surface area contributed by atoms with Gasteiger partial charge in [0, 0.05) is 31.0 Å². The van der Waals surface area contributed by atoms with Gasteiger partial charge < -0.3 is 5.32 Å². The molecule has 0 unspecified atom stereocenters. The average Bonchev–Trinajstić information content (AvgIpc) is 2.71. The molecule has 0 fully saturated rings. The Kier molecular flexibility index (Phi) is 4.28. The Labute approximate surface area is 109 Å². The van der Waals surface area contributed by atoms with E-state index in [1.807, 2.05) is 19.2 Å². The van der Waals surface area contributed by atoms with Crippen LogP contribution in [0.1, 0.15) is 11.4 Å². The fraction of sp³-hybridized carbons (Fsp3) is 0.333. The van der Waals surface area contributed by atoms with Crippen molar-refractivity contribution in [2.45, 2.75) is 13.0 Å². The third kappa shape index (κ3) is 3.94. The van der Waals surface area contributed by atoms with Gasteiger partial charge in [-0.15, -0.1) is 0 Å². The van der Waals surface area contributed by atoms with Gasteiger partial charge in [-0.1, -0.05) is 28.1 Å². The van der Waals surface area contributed by atoms with Gasteiger partial charge in [0.1, 0.15) is 6.33 Å². The summed E-state index contributed by atoms with van der Waals surface area (Å²) < 4.78 is 2.84. The Balaban J connectivity index is 1.73. The van der Waals surface area contributed by atoms with E-state index in [1.165, 1.54) is 5.56 Å². The molecule has 4 nitrogen and oxygen atoms in total. The van der Waals surface area contributed by atoms with Crippen molar-refractivity contribution in [3.63, 3.8) is 0 Å². The predicted molar refractivity (Wildman–Crippen MR) is 70.6 cm³/mol. The Morgan fingerprint density at radius 1 is 1.41 bits per heavy atom. The van der Waals surface area contributed by atoms with Crippen LogP contribution in [0.25, 0.3) is 0 Å². The highest BCUT2D eigenvalue weighted by molar-refractivity contribution is 9.10. The highest BCUT2D eigenvalue weighted by atomic mass is 79.9. The van der Waals surface area contributed by atoms with Gasteiger partial charge >= 0.3 is 0 Å². The summed E-state index contributed by atoms with van der Waals surface area (Å²) in [7, 11) is 1.88. The first-order valence-corrected chi connectivity index (χ1v) is 6.33. The van der Waals surface area contributed by atoms with Crippen molar-refractivity contribution in [1.82, 2.24) is 20.1 Å². The number of nitrogens with one attached hydrogen (secondary N) is 1. The second-order valence-electron chi connectivity index (χ2n) is 3.89. The summed E-state index contributed by atoms with van der Waals surface area (Å²) in [4.78, 5) is 4.18. The van der Waals surface area contributed by atoms with E-state index >= 15 is 0 Å². The SMILES string of the molecule is Cn1cnc(CCNCc2cccc(Br)c2)n1. The number of aromatic nitrogens is 3. The van der Waals surface area contributed by atoms with Crippen LogP contribution in [-0.4, -0.2) is 21.3 Å². The van der Waals surface area contributed by atoms with E-state index in [-0.39, 0.29) is 0 Å². The first-order chi connectivity index (χ1) is 8.24. The van der Waals surface area contributed by atoms with Crippen molar-refractivity contribution in [3.05, 3.63) is 46.5 Å². The van der Waals surface area contributed by atoms with Crippen LogP contribution in [0.15, 0.2) is 35.1 Å². The standard InChI is InChI=1S/C12H15BrN4/c1-17-9-15-12(16-17)5-6-14-8-10-3-2-4-11(13)7-10/h2-4,7,9,14H,5-6,8H2,1H3. The molecule has 17 heavy (non-hydrogen) atoms. The molecule has 5 heteroatoms. The second kappa shape index (κ2) is 5.93. The Hall–Kier alpha value is -1.20. The molecule has 1 N–H and O–H groups in total. The van der Waals surface area contributed by atoms with Crippen molar-refractivity contribution in [2.24, 2.45) is 7.05 Å². The highest BCUT2D eigenvalue weighted by Crippen LogP contribution is 2.11. The quantitative estimate of drug-likeness (QED) is 0.857. The molecule has 2 aromatic rings. The van der Waals surface area contributed by atoms with Crippen molar-refractivity contribution in [3.8, 4) is 0 Å². The van der Waals surface area contributed by atoms with Gasteiger partial charge in [-0.2, -0.15) is 5.10 Å². The number of nitrogens with zero attached hydrogens (tertiary/aromatic N) is 3. The zero-order valence-electron chi connectivity index (χ0n) is 9.73. The lowest BCUT2D eigenvalue weighted by Gasteiger charge is -2.03. The van der Waals surface area contributed by atoms with Gasteiger partial charge in [0.25, 0.3) is 0 Å². The lowest BCUT2D eigenvalue weighted by molar-refractivity contribution is 0.661. The zero-order chi connectivity index (χ0) is 12.1. The van der Waals surface area contributed by atoms with Gasteiger partial charge in [-0.25, -0.2) is 4.98 Å². The summed E-state index contributed by atoms with van der Waals surface area (Å²) in [5, 5.41) is 7.60. The van der Waals surface area contributed by atoms with E-state index < -0.39 is 0 Å². The van der Waals surface area contributed by atoms with E-state index in [1.54, 1.807) is 11.0 Å². The van der Waals surface area contributed by atoms with Crippen molar-refractivity contribution in [1.29, 1.82) is 0 Å². The maximum atomic E-state index is 4.23. The molecule has 0 atom stereocenters. The minimum Gasteiger partial charge on any atom is -0.312 e. The number of aryl methyl sites for hydroxylation is 1. The summed E-state index contributed by atoms with van der Waals surface area (Å²) in [6, 6.07) is 8.30. The molecular weight excluding hydrogens is 280 g/mol. The molecule has 1 aromatic carbocycles. The largest absolute Gasteiger partial charge is 0.312 e. The van der Waals surface area contributed by atoms with Crippen molar-refractivity contribution in [2.75, 3.05) is 6.54 Å². The van der Waals surface area contributed by atoms with E-state index in [0.29, 0.717) is 0 Å². The van der Waals surface area contributed by atoms with Gasteiger partial charge in [-0.3, -0.25) is 4.68 Å². The van der Waals surface area contributed by atoms with Gasteiger partial charge in [-0.05, 0) is 17.7 Å². The second-order valence-corrected chi connectivity index (χ2v) is 4.81. The minimum atomic E-state index is 0.856. The molecule has 0 radical (unpaired) electrons. The van der Waals surface area contributed by atoms with E-state index in [0.717, 1.165) is 29.8 Å². The summed E-state index contributed by atoms with van der Waals surface area (Å²) in [6.07, 6.45) is 2.58. The summed E-state index contributed by atoms with van der Waals surface area (Å²) in [5.74, 6) is 0.884. The molecule has 0 aliphatic rings. The van der Waals surface area contributed by atoms with Crippen LogP contribution < -0.4 is 5.32 Å². The average molecular weight is 295 g/mol. The lowest BCUT2D eigenvalue weighted by Crippen LogP contribution is -2.17. The molecule has 0 saturated carbocycles. The highest BCUT2D eigenvalue weighted by Gasteiger charge is 1.98. The maximum absolute atomic E-state index is 4.23. The van der Waals surface area contributed by atoms with Crippen LogP contribution in [0, 0.1) is 0 Å². The summed E-state index contributed by atoms with van der Waals surface area (Å²) >= 11 is 3.46. The Bertz CT molecular complexity index is 481. The van der Waals surface area contributed by atoms with Crippen LogP contribution in [0.5, 0.6) is 0 Å². The van der Waals surface area contributed by atoms with E-state index in [2.05, 4.69) is 43.5 Å². The molecular formula is C12H15BrN4. The minimum absolute atomic E-state index is 0.856. The topological polar surface area (TPSA) is 42.7 Å². The number of benzene rings is 1. The lowest BCUT2D eigenvalue weighted by atomic mass is 10.2. The van der Waals surface area contributed by atoms with E-state index in [4.69, 9.17) is 0 Å². The smallest absolute Gasteiger partial charge is 0.151 e. The zero-order valence-corrected chi connectivity index (χ0v) is 11.3. The van der Waals surface area contributed by atoms with Crippen LogP contribution >= 0.6 is 15.9 Å². The molecule has 0 saturated heterocycles. The molecule has 1 aromatic heterocycles. The van der Waals surface area contributed by atoms with E-state index in [9.17, 15) is 0 Å². The Morgan fingerprint density at radius 3 is 3.00 bits per heavy atom. The van der Waals surface area contributed by atoms with Crippen molar-refractivity contribution >= 4 is 15.9 Å². The first kappa shape index (κ1) is 12.3. The number of hydrogen-bond acceptors (Lipinski definition) is 3. The van der Waals surface area contributed by atoms with Gasteiger partial charge in [0.05, 0.1) is 0 Å². The molecule has 0 amide bonds. The molecule has 1 heterocycles. The van der Waals surface area contributed by atoms with Gasteiger partial charge in [0.2, 0.25) is 0 Å². The molecule has 0 bridgehead atoms. The fourth-order valence-electron chi connectivity index (χ4n) is 1.58. The van der Waals surface area contributed by atoms with Crippen LogP contribution in [0.2, 0.25) is 0 Å². The number of halogens is 1. The monoisotopic (exact) mass is 294 g/mol. The molecule has 0 aliphatic carbocycles. The normalized spacial score (nSPS) is 10.7. The molecule has 2 rings (SSSR count). The van der Waals surface area contributed by atoms with Gasteiger partial charge in [0.15, 0.2) is 5.82 Å². The molecule has 0 aliphatic heterocycles. The maximum Gasteiger partial charge on any atom is 0.151 e. The third-order valence-electron chi connectivity index (χ3n) is 2.39. The molecule has 0 spiro atoms. The van der Waals surface area contributed by atoms with Crippen LogP contribution in [-0.2, 0) is 20.0 Å². The fourth-order valence-corrected chi connectivity index (χ4v) is 2.02.